The number of hydrogen-bond donors (Lipinski definition) is 3. The van der Waals surface area contributed by atoms with Crippen LogP contribution in [0.2, 0.25) is 0 Å². The van der Waals surface area contributed by atoms with E-state index in [0.717, 1.165) is 17.8 Å². The third-order valence-electron chi connectivity index (χ3n) is 2.44. The molecule has 0 radical (unpaired) electrons. The van der Waals surface area contributed by atoms with Gasteiger partial charge in [0, 0.05) is 12.5 Å². The van der Waals surface area contributed by atoms with Crippen molar-refractivity contribution in [3.8, 4) is 0 Å². The Morgan fingerprint density at radius 1 is 1.56 bits per heavy atom. The molecular formula is C11H17N3O3S. The maximum Gasteiger partial charge on any atom is 0.347 e. The quantitative estimate of drug-likeness (QED) is 0.712. The average Bonchev–Trinajstić information content (AvgIpc) is 2.68. The Morgan fingerprint density at radius 3 is 2.72 bits per heavy atom. The summed E-state index contributed by atoms with van der Waals surface area (Å²) in [4.78, 5) is 26.6. The van der Waals surface area contributed by atoms with E-state index in [2.05, 4.69) is 10.3 Å². The summed E-state index contributed by atoms with van der Waals surface area (Å²) in [6.45, 7) is 3.80. The lowest BCUT2D eigenvalue weighted by atomic mass is 10.1. The third kappa shape index (κ3) is 4.08. The zero-order valence-electron chi connectivity index (χ0n) is 10.4. The minimum Gasteiger partial charge on any atom is -0.477 e. The summed E-state index contributed by atoms with van der Waals surface area (Å²) in [5.41, 5.74) is 6.13. The zero-order chi connectivity index (χ0) is 13.7. The summed E-state index contributed by atoms with van der Waals surface area (Å²) in [5.74, 6) is -1.13. The van der Waals surface area contributed by atoms with Crippen LogP contribution in [0.4, 0.5) is 0 Å². The first-order chi connectivity index (χ1) is 8.43. The first kappa shape index (κ1) is 14.6. The summed E-state index contributed by atoms with van der Waals surface area (Å²) in [5, 5.41) is 12.1. The van der Waals surface area contributed by atoms with E-state index in [-0.39, 0.29) is 29.8 Å². The molecule has 18 heavy (non-hydrogen) atoms. The number of nitrogens with zero attached hydrogens (tertiary/aromatic N) is 1. The van der Waals surface area contributed by atoms with E-state index < -0.39 is 5.97 Å². The Kier molecular flexibility index (Phi) is 5.24. The minimum absolute atomic E-state index is 0.141. The van der Waals surface area contributed by atoms with Crippen molar-refractivity contribution in [3.63, 3.8) is 0 Å². The molecule has 0 aliphatic heterocycles. The van der Waals surface area contributed by atoms with Gasteiger partial charge in [-0.15, -0.1) is 11.3 Å². The van der Waals surface area contributed by atoms with Gasteiger partial charge >= 0.3 is 5.97 Å². The molecule has 1 unspecified atom stereocenters. The fraction of sp³-hybridized carbons (Fsp3) is 0.545. The highest BCUT2D eigenvalue weighted by molar-refractivity contribution is 7.13. The summed E-state index contributed by atoms with van der Waals surface area (Å²) in [7, 11) is 0. The van der Waals surface area contributed by atoms with E-state index >= 15 is 0 Å². The lowest BCUT2D eigenvalue weighted by Crippen LogP contribution is -2.30. The molecule has 1 heterocycles. The van der Waals surface area contributed by atoms with Gasteiger partial charge in [-0.05, 0) is 13.3 Å². The predicted molar refractivity (Wildman–Crippen MR) is 68.5 cm³/mol. The molecule has 1 rings (SSSR count). The molecule has 0 spiro atoms. The van der Waals surface area contributed by atoms with E-state index in [9.17, 15) is 9.59 Å². The van der Waals surface area contributed by atoms with Crippen molar-refractivity contribution in [1.29, 1.82) is 0 Å². The maximum atomic E-state index is 11.5. The molecule has 1 atom stereocenters. The van der Waals surface area contributed by atoms with Crippen LogP contribution in [0.5, 0.6) is 0 Å². The number of nitrogens with one attached hydrogen (secondary N) is 1. The smallest absolute Gasteiger partial charge is 0.347 e. The average molecular weight is 271 g/mol. The van der Waals surface area contributed by atoms with E-state index in [1.807, 2.05) is 6.92 Å². The zero-order valence-corrected chi connectivity index (χ0v) is 11.2. The first-order valence-electron chi connectivity index (χ1n) is 5.65. The number of thiazole rings is 1. The Morgan fingerprint density at radius 2 is 2.22 bits per heavy atom. The van der Waals surface area contributed by atoms with Crippen LogP contribution in [0.3, 0.4) is 0 Å². The van der Waals surface area contributed by atoms with Crippen molar-refractivity contribution >= 4 is 23.2 Å². The van der Waals surface area contributed by atoms with Crippen LogP contribution >= 0.6 is 11.3 Å². The van der Waals surface area contributed by atoms with Crippen molar-refractivity contribution in [2.75, 3.05) is 0 Å². The van der Waals surface area contributed by atoms with Crippen LogP contribution in [0.15, 0.2) is 0 Å². The van der Waals surface area contributed by atoms with Gasteiger partial charge in [0.2, 0.25) is 5.91 Å². The molecule has 1 aromatic rings. The fourth-order valence-corrected chi connectivity index (χ4v) is 2.20. The second-order valence-corrected chi connectivity index (χ2v) is 5.06. The largest absolute Gasteiger partial charge is 0.477 e. The SMILES string of the molecule is CCC(N)CC(=O)NCc1nc(C)c(C(=O)O)s1. The van der Waals surface area contributed by atoms with Crippen LogP contribution in [0.25, 0.3) is 0 Å². The van der Waals surface area contributed by atoms with Gasteiger partial charge in [-0.2, -0.15) is 0 Å². The number of carboxylic acids is 1. The van der Waals surface area contributed by atoms with Gasteiger partial charge in [-0.25, -0.2) is 9.78 Å². The number of carbonyl (C=O) groups is 2. The van der Waals surface area contributed by atoms with Gasteiger partial charge in [0.1, 0.15) is 9.88 Å². The number of nitrogens with two attached hydrogens (primary N) is 1. The molecular weight excluding hydrogens is 254 g/mol. The molecule has 4 N–H and O–H groups in total. The number of carboxylic acid groups (broad SMARTS) is 1. The molecule has 0 aliphatic rings. The van der Waals surface area contributed by atoms with Gasteiger partial charge in [0.15, 0.2) is 0 Å². The number of aromatic carboxylic acids is 1. The molecule has 0 bridgehead atoms. The fourth-order valence-electron chi connectivity index (χ4n) is 1.36. The summed E-state index contributed by atoms with van der Waals surface area (Å²) < 4.78 is 0. The predicted octanol–water partition coefficient (Wildman–Crippen LogP) is 0.893. The molecule has 0 aliphatic carbocycles. The van der Waals surface area contributed by atoms with Gasteiger partial charge in [-0.3, -0.25) is 4.79 Å². The topological polar surface area (TPSA) is 105 Å². The molecule has 0 saturated carbocycles. The standard InChI is InChI=1S/C11H17N3O3S/c1-3-7(12)4-8(15)13-5-9-14-6(2)10(18-9)11(16)17/h7H,3-5,12H2,1-2H3,(H,13,15)(H,16,17). The number of hydrogen-bond acceptors (Lipinski definition) is 5. The van der Waals surface area contributed by atoms with Crippen molar-refractivity contribution in [2.45, 2.75) is 39.3 Å². The molecule has 6 nitrogen and oxygen atoms in total. The molecule has 0 saturated heterocycles. The molecule has 100 valence electrons. The van der Waals surface area contributed by atoms with Crippen molar-refractivity contribution in [3.05, 3.63) is 15.6 Å². The van der Waals surface area contributed by atoms with Gasteiger partial charge in [-0.1, -0.05) is 6.92 Å². The Balaban J connectivity index is 2.51. The number of aryl methyl sites for hydroxylation is 1. The molecule has 7 heteroatoms. The first-order valence-corrected chi connectivity index (χ1v) is 6.47. The second kappa shape index (κ2) is 6.46. The minimum atomic E-state index is -0.990. The lowest BCUT2D eigenvalue weighted by Gasteiger charge is -2.07. The highest BCUT2D eigenvalue weighted by Crippen LogP contribution is 2.17. The van der Waals surface area contributed by atoms with Crippen LogP contribution in [-0.2, 0) is 11.3 Å². The normalized spacial score (nSPS) is 12.2. The second-order valence-electron chi connectivity index (χ2n) is 3.98. The Labute approximate surface area is 109 Å². The highest BCUT2D eigenvalue weighted by Gasteiger charge is 2.14. The monoisotopic (exact) mass is 271 g/mol. The van der Waals surface area contributed by atoms with E-state index in [0.29, 0.717) is 10.7 Å². The van der Waals surface area contributed by atoms with Crippen molar-refractivity contribution < 1.29 is 14.7 Å². The van der Waals surface area contributed by atoms with E-state index in [1.54, 1.807) is 6.92 Å². The van der Waals surface area contributed by atoms with Gasteiger partial charge < -0.3 is 16.2 Å². The van der Waals surface area contributed by atoms with Gasteiger partial charge in [0.25, 0.3) is 0 Å². The molecule has 0 fully saturated rings. The molecule has 0 aromatic carbocycles. The Hall–Kier alpha value is -1.47. The lowest BCUT2D eigenvalue weighted by molar-refractivity contribution is -0.121. The van der Waals surface area contributed by atoms with Crippen LogP contribution in [-0.4, -0.2) is 28.0 Å². The van der Waals surface area contributed by atoms with Crippen LogP contribution in [0.1, 0.15) is 40.1 Å². The summed E-state index contributed by atoms with van der Waals surface area (Å²) in [6, 6.07) is -0.141. The van der Waals surface area contributed by atoms with Crippen LogP contribution < -0.4 is 11.1 Å². The number of carbonyl (C=O) groups excluding carboxylic acids is 1. The third-order valence-corrected chi connectivity index (χ3v) is 3.59. The number of aromatic nitrogens is 1. The molecule has 1 amide bonds. The van der Waals surface area contributed by atoms with Crippen molar-refractivity contribution in [1.82, 2.24) is 10.3 Å². The van der Waals surface area contributed by atoms with Crippen LogP contribution in [0, 0.1) is 6.92 Å². The molecule has 1 aromatic heterocycles. The van der Waals surface area contributed by atoms with E-state index in [1.165, 1.54) is 0 Å². The number of rotatable bonds is 6. The summed E-state index contributed by atoms with van der Waals surface area (Å²) >= 11 is 1.08. The van der Waals surface area contributed by atoms with Crippen molar-refractivity contribution in [2.24, 2.45) is 5.73 Å². The highest BCUT2D eigenvalue weighted by atomic mass is 32.1. The van der Waals surface area contributed by atoms with E-state index in [4.69, 9.17) is 10.8 Å². The summed E-state index contributed by atoms with van der Waals surface area (Å²) in [6.07, 6.45) is 1.01. The number of amides is 1. The Bertz CT molecular complexity index is 445. The maximum absolute atomic E-state index is 11.5. The van der Waals surface area contributed by atoms with Gasteiger partial charge in [0.05, 0.1) is 12.2 Å².